The van der Waals surface area contributed by atoms with E-state index in [9.17, 15) is 0 Å². The van der Waals surface area contributed by atoms with Gasteiger partial charge in [0.25, 0.3) is 0 Å². The van der Waals surface area contributed by atoms with Crippen LogP contribution in [-0.4, -0.2) is 16.9 Å². The van der Waals surface area contributed by atoms with Crippen molar-refractivity contribution < 1.29 is 9.47 Å². The Morgan fingerprint density at radius 3 is 2.76 bits per heavy atom. The molecule has 0 aliphatic rings. The van der Waals surface area contributed by atoms with Gasteiger partial charge in [0.1, 0.15) is 5.75 Å². The van der Waals surface area contributed by atoms with Crippen LogP contribution in [0.5, 0.6) is 17.2 Å². The van der Waals surface area contributed by atoms with E-state index in [-0.39, 0.29) is 0 Å². The third kappa shape index (κ3) is 2.50. The van der Waals surface area contributed by atoms with Crippen LogP contribution in [0.2, 0.25) is 0 Å². The number of hydrogen-bond acceptors (Lipinski definition) is 4. The summed E-state index contributed by atoms with van der Waals surface area (Å²) in [5.74, 6) is 1.98. The Kier molecular flexibility index (Phi) is 3.18. The van der Waals surface area contributed by atoms with Crippen LogP contribution in [0.3, 0.4) is 0 Å². The molecule has 0 aliphatic heterocycles. The standard InChI is InChI=1S/C12H15N3O2/c1-3-15-8-10(7-14-15)17-12-5-4-9(16-2)6-11(12)13/h4-8H,3,13H2,1-2H3. The average molecular weight is 233 g/mol. The van der Waals surface area contributed by atoms with Crippen molar-refractivity contribution in [3.05, 3.63) is 30.6 Å². The molecule has 0 saturated carbocycles. The molecule has 1 heterocycles. The molecular weight excluding hydrogens is 218 g/mol. The monoisotopic (exact) mass is 233 g/mol. The number of nitrogens with two attached hydrogens (primary N) is 1. The molecule has 0 spiro atoms. The summed E-state index contributed by atoms with van der Waals surface area (Å²) in [4.78, 5) is 0. The Hall–Kier alpha value is -2.17. The van der Waals surface area contributed by atoms with Gasteiger partial charge in [-0.2, -0.15) is 5.10 Å². The third-order valence-electron chi connectivity index (χ3n) is 2.38. The normalized spacial score (nSPS) is 10.2. The second kappa shape index (κ2) is 4.78. The molecule has 0 fully saturated rings. The number of nitrogens with zero attached hydrogens (tertiary/aromatic N) is 2. The first-order valence-corrected chi connectivity index (χ1v) is 5.36. The predicted molar refractivity (Wildman–Crippen MR) is 65.4 cm³/mol. The Balaban J connectivity index is 2.18. The molecule has 17 heavy (non-hydrogen) atoms. The van der Waals surface area contributed by atoms with E-state index in [4.69, 9.17) is 15.2 Å². The summed E-state index contributed by atoms with van der Waals surface area (Å²) in [5, 5.41) is 4.12. The topological polar surface area (TPSA) is 62.3 Å². The van der Waals surface area contributed by atoms with Crippen molar-refractivity contribution in [1.29, 1.82) is 0 Å². The minimum atomic E-state index is 0.536. The van der Waals surface area contributed by atoms with E-state index in [0.29, 0.717) is 22.9 Å². The van der Waals surface area contributed by atoms with E-state index in [1.165, 1.54) is 0 Å². The zero-order chi connectivity index (χ0) is 12.3. The molecule has 2 N–H and O–H groups in total. The first-order valence-electron chi connectivity index (χ1n) is 5.36. The van der Waals surface area contributed by atoms with Crippen molar-refractivity contribution in [3.63, 3.8) is 0 Å². The SMILES string of the molecule is CCn1cc(Oc2ccc(OC)cc2N)cn1. The van der Waals surface area contributed by atoms with E-state index in [1.807, 2.05) is 13.1 Å². The maximum Gasteiger partial charge on any atom is 0.165 e. The molecule has 0 atom stereocenters. The molecule has 0 amide bonds. The maximum absolute atomic E-state index is 5.85. The van der Waals surface area contributed by atoms with Crippen LogP contribution in [0.4, 0.5) is 5.69 Å². The largest absolute Gasteiger partial charge is 0.497 e. The number of aromatic nitrogens is 2. The molecule has 2 aromatic rings. The molecule has 90 valence electrons. The van der Waals surface area contributed by atoms with Crippen molar-refractivity contribution in [3.8, 4) is 17.2 Å². The van der Waals surface area contributed by atoms with Crippen molar-refractivity contribution in [2.45, 2.75) is 13.5 Å². The minimum absolute atomic E-state index is 0.536. The van der Waals surface area contributed by atoms with Crippen LogP contribution in [0.1, 0.15) is 6.92 Å². The number of ether oxygens (including phenoxy) is 2. The Morgan fingerprint density at radius 1 is 1.35 bits per heavy atom. The number of rotatable bonds is 4. The van der Waals surface area contributed by atoms with Gasteiger partial charge in [0.2, 0.25) is 0 Å². The smallest absolute Gasteiger partial charge is 0.165 e. The van der Waals surface area contributed by atoms with E-state index in [1.54, 1.807) is 36.2 Å². The lowest BCUT2D eigenvalue weighted by atomic mass is 10.3. The lowest BCUT2D eigenvalue weighted by molar-refractivity contribution is 0.413. The van der Waals surface area contributed by atoms with Gasteiger partial charge in [-0.1, -0.05) is 0 Å². The summed E-state index contributed by atoms with van der Waals surface area (Å²) in [6.45, 7) is 2.82. The fourth-order valence-electron chi connectivity index (χ4n) is 1.44. The number of nitrogen functional groups attached to an aromatic ring is 1. The fraction of sp³-hybridized carbons (Fsp3) is 0.250. The first-order chi connectivity index (χ1) is 8.22. The molecule has 0 aliphatic carbocycles. The number of aryl methyl sites for hydroxylation is 1. The number of hydrogen-bond donors (Lipinski definition) is 1. The second-order valence-corrected chi connectivity index (χ2v) is 3.54. The average Bonchev–Trinajstić information content (AvgIpc) is 2.79. The van der Waals surface area contributed by atoms with Crippen molar-refractivity contribution in [2.75, 3.05) is 12.8 Å². The fourth-order valence-corrected chi connectivity index (χ4v) is 1.44. The minimum Gasteiger partial charge on any atom is -0.497 e. The molecule has 1 aromatic carbocycles. The van der Waals surface area contributed by atoms with Gasteiger partial charge in [-0.05, 0) is 19.1 Å². The molecular formula is C12H15N3O2. The van der Waals surface area contributed by atoms with Gasteiger partial charge in [0, 0.05) is 12.6 Å². The van der Waals surface area contributed by atoms with Gasteiger partial charge in [-0.15, -0.1) is 0 Å². The summed E-state index contributed by atoms with van der Waals surface area (Å²) in [5.41, 5.74) is 6.39. The Morgan fingerprint density at radius 2 is 2.18 bits per heavy atom. The molecule has 0 radical (unpaired) electrons. The van der Waals surface area contributed by atoms with Crippen molar-refractivity contribution >= 4 is 5.69 Å². The number of benzene rings is 1. The van der Waals surface area contributed by atoms with Crippen LogP contribution in [0.15, 0.2) is 30.6 Å². The highest BCUT2D eigenvalue weighted by atomic mass is 16.5. The highest BCUT2D eigenvalue weighted by molar-refractivity contribution is 5.57. The summed E-state index contributed by atoms with van der Waals surface area (Å²) in [6, 6.07) is 5.30. The van der Waals surface area contributed by atoms with Crippen LogP contribution in [-0.2, 0) is 6.54 Å². The van der Waals surface area contributed by atoms with Crippen LogP contribution in [0, 0.1) is 0 Å². The second-order valence-electron chi connectivity index (χ2n) is 3.54. The van der Waals surface area contributed by atoms with E-state index in [0.717, 1.165) is 6.54 Å². The van der Waals surface area contributed by atoms with Crippen LogP contribution in [0.25, 0.3) is 0 Å². The van der Waals surface area contributed by atoms with Crippen molar-refractivity contribution in [2.24, 2.45) is 0 Å². The molecule has 5 heteroatoms. The number of anilines is 1. The molecule has 2 rings (SSSR count). The van der Waals surface area contributed by atoms with Crippen LogP contribution >= 0.6 is 0 Å². The molecule has 5 nitrogen and oxygen atoms in total. The van der Waals surface area contributed by atoms with E-state index >= 15 is 0 Å². The van der Waals surface area contributed by atoms with E-state index in [2.05, 4.69) is 5.10 Å². The lowest BCUT2D eigenvalue weighted by Crippen LogP contribution is -1.93. The molecule has 1 aromatic heterocycles. The van der Waals surface area contributed by atoms with Gasteiger partial charge >= 0.3 is 0 Å². The predicted octanol–water partition coefficient (Wildman–Crippen LogP) is 2.29. The van der Waals surface area contributed by atoms with Crippen molar-refractivity contribution in [1.82, 2.24) is 9.78 Å². The zero-order valence-electron chi connectivity index (χ0n) is 9.88. The Labute approximate surface area is 99.8 Å². The molecule has 0 unspecified atom stereocenters. The van der Waals surface area contributed by atoms with Gasteiger partial charge in [0.15, 0.2) is 11.5 Å². The van der Waals surface area contributed by atoms with Gasteiger partial charge in [0.05, 0.1) is 25.2 Å². The zero-order valence-corrected chi connectivity index (χ0v) is 9.88. The number of methoxy groups -OCH3 is 1. The van der Waals surface area contributed by atoms with Gasteiger partial charge < -0.3 is 15.2 Å². The summed E-state index contributed by atoms with van der Waals surface area (Å²) in [7, 11) is 1.60. The van der Waals surface area contributed by atoms with Gasteiger partial charge in [-0.25, -0.2) is 0 Å². The summed E-state index contributed by atoms with van der Waals surface area (Å²) in [6.07, 6.45) is 3.48. The maximum atomic E-state index is 5.85. The molecule has 0 saturated heterocycles. The summed E-state index contributed by atoms with van der Waals surface area (Å²) < 4.78 is 12.5. The molecule has 0 bridgehead atoms. The van der Waals surface area contributed by atoms with Crippen LogP contribution < -0.4 is 15.2 Å². The highest BCUT2D eigenvalue weighted by Crippen LogP contribution is 2.30. The quantitative estimate of drug-likeness (QED) is 0.823. The summed E-state index contributed by atoms with van der Waals surface area (Å²) >= 11 is 0. The highest BCUT2D eigenvalue weighted by Gasteiger charge is 2.05. The first kappa shape index (κ1) is 11.3. The Bertz CT molecular complexity index is 508. The van der Waals surface area contributed by atoms with Gasteiger partial charge in [-0.3, -0.25) is 4.68 Å². The van der Waals surface area contributed by atoms with E-state index < -0.39 is 0 Å². The lowest BCUT2D eigenvalue weighted by Gasteiger charge is -2.07. The third-order valence-corrected chi connectivity index (χ3v) is 2.38.